The Balaban J connectivity index is 1.77. The number of hydrogen-bond donors (Lipinski definition) is 1. The van der Waals surface area contributed by atoms with Crippen molar-refractivity contribution in [2.24, 2.45) is 0 Å². The van der Waals surface area contributed by atoms with Gasteiger partial charge in [-0.05, 0) is 19.0 Å². The monoisotopic (exact) mass is 283 g/mol. The lowest BCUT2D eigenvalue weighted by molar-refractivity contribution is -0.385. The summed E-state index contributed by atoms with van der Waals surface area (Å²) in [5.41, 5.74) is 0.208. The van der Waals surface area contributed by atoms with Gasteiger partial charge in [0.05, 0.1) is 24.2 Å². The number of rotatable bonds is 6. The summed E-state index contributed by atoms with van der Waals surface area (Å²) < 4.78 is 18.5. The molecule has 7 heteroatoms. The highest BCUT2D eigenvalue weighted by molar-refractivity contribution is 5.51. The summed E-state index contributed by atoms with van der Waals surface area (Å²) in [4.78, 5) is 12.3. The molecule has 1 saturated heterocycles. The molecule has 110 valence electrons. The number of hydrogen-bond acceptors (Lipinski definition) is 5. The van der Waals surface area contributed by atoms with E-state index in [1.165, 1.54) is 12.1 Å². The van der Waals surface area contributed by atoms with Crippen LogP contribution in [0.4, 0.5) is 15.8 Å². The fourth-order valence-corrected chi connectivity index (χ4v) is 2.14. The van der Waals surface area contributed by atoms with Crippen LogP contribution in [0.25, 0.3) is 0 Å². The maximum Gasteiger partial charge on any atom is 0.274 e. The molecule has 1 aliphatic heterocycles. The molecule has 0 atom stereocenters. The Hall–Kier alpha value is -1.73. The van der Waals surface area contributed by atoms with Crippen LogP contribution in [0.2, 0.25) is 0 Å². The predicted octanol–water partition coefficient (Wildman–Crippen LogP) is 1.87. The fourth-order valence-electron chi connectivity index (χ4n) is 2.14. The molecular weight excluding hydrogens is 265 g/mol. The van der Waals surface area contributed by atoms with E-state index in [1.54, 1.807) is 0 Å². The molecular formula is C13H18FN3O3. The van der Waals surface area contributed by atoms with Gasteiger partial charge in [0.25, 0.3) is 5.69 Å². The van der Waals surface area contributed by atoms with Gasteiger partial charge >= 0.3 is 0 Å². The van der Waals surface area contributed by atoms with Gasteiger partial charge in [0.1, 0.15) is 5.82 Å². The van der Waals surface area contributed by atoms with E-state index in [0.29, 0.717) is 12.2 Å². The van der Waals surface area contributed by atoms with Crippen molar-refractivity contribution >= 4 is 11.4 Å². The average Bonchev–Trinajstić information content (AvgIpc) is 2.44. The highest BCUT2D eigenvalue weighted by Gasteiger charge is 2.11. The van der Waals surface area contributed by atoms with E-state index in [-0.39, 0.29) is 5.69 Å². The minimum Gasteiger partial charge on any atom is -0.385 e. The number of morpholine rings is 1. The third-order valence-corrected chi connectivity index (χ3v) is 3.18. The van der Waals surface area contributed by atoms with Gasteiger partial charge < -0.3 is 10.1 Å². The summed E-state index contributed by atoms with van der Waals surface area (Å²) in [5.74, 6) is -0.602. The van der Waals surface area contributed by atoms with Crippen LogP contribution < -0.4 is 5.32 Å². The third-order valence-electron chi connectivity index (χ3n) is 3.18. The standard InChI is InChI=1S/C13H18FN3O3/c14-11-8-12(10-13(9-11)17(18)19)15-2-1-3-16-4-6-20-7-5-16/h8-10,15H,1-7H2. The van der Waals surface area contributed by atoms with Crippen LogP contribution in [0.5, 0.6) is 0 Å². The zero-order chi connectivity index (χ0) is 14.4. The smallest absolute Gasteiger partial charge is 0.274 e. The first kappa shape index (κ1) is 14.7. The lowest BCUT2D eigenvalue weighted by Crippen LogP contribution is -2.37. The van der Waals surface area contributed by atoms with E-state index >= 15 is 0 Å². The Bertz CT molecular complexity index is 464. The zero-order valence-corrected chi connectivity index (χ0v) is 11.2. The zero-order valence-electron chi connectivity index (χ0n) is 11.2. The van der Waals surface area contributed by atoms with Crippen molar-refractivity contribution in [1.82, 2.24) is 4.90 Å². The van der Waals surface area contributed by atoms with Crippen molar-refractivity contribution in [1.29, 1.82) is 0 Å². The molecule has 0 radical (unpaired) electrons. The summed E-state index contributed by atoms with van der Waals surface area (Å²) in [7, 11) is 0. The molecule has 0 aromatic heterocycles. The number of halogens is 1. The van der Waals surface area contributed by atoms with Crippen molar-refractivity contribution in [3.8, 4) is 0 Å². The molecule has 1 aromatic rings. The van der Waals surface area contributed by atoms with Crippen molar-refractivity contribution < 1.29 is 14.1 Å². The first-order valence-electron chi connectivity index (χ1n) is 6.64. The van der Waals surface area contributed by atoms with Crippen molar-refractivity contribution in [2.45, 2.75) is 6.42 Å². The number of ether oxygens (including phenoxy) is 1. The summed E-state index contributed by atoms with van der Waals surface area (Å²) >= 11 is 0. The first-order valence-corrected chi connectivity index (χ1v) is 6.64. The molecule has 6 nitrogen and oxygen atoms in total. The minimum absolute atomic E-state index is 0.235. The van der Waals surface area contributed by atoms with Gasteiger partial charge in [-0.2, -0.15) is 0 Å². The Kier molecular flexibility index (Phi) is 5.25. The second-order valence-corrected chi connectivity index (χ2v) is 4.69. The van der Waals surface area contributed by atoms with Crippen LogP contribution >= 0.6 is 0 Å². The minimum atomic E-state index is -0.602. The molecule has 1 N–H and O–H groups in total. The van der Waals surface area contributed by atoms with E-state index in [2.05, 4.69) is 10.2 Å². The van der Waals surface area contributed by atoms with Crippen LogP contribution in [0, 0.1) is 15.9 Å². The number of non-ortho nitro benzene ring substituents is 1. The highest BCUT2D eigenvalue weighted by Crippen LogP contribution is 2.19. The van der Waals surface area contributed by atoms with Gasteiger partial charge in [-0.3, -0.25) is 15.0 Å². The Morgan fingerprint density at radius 3 is 2.80 bits per heavy atom. The Labute approximate surface area is 116 Å². The molecule has 1 aliphatic rings. The van der Waals surface area contributed by atoms with E-state index in [0.717, 1.165) is 45.3 Å². The fraction of sp³-hybridized carbons (Fsp3) is 0.538. The summed E-state index contributed by atoms with van der Waals surface area (Å²) in [6, 6.07) is 3.53. The van der Waals surface area contributed by atoms with Crippen LogP contribution in [0.1, 0.15) is 6.42 Å². The van der Waals surface area contributed by atoms with Gasteiger partial charge in [-0.1, -0.05) is 0 Å². The molecule has 0 unspecified atom stereocenters. The summed E-state index contributed by atoms with van der Waals surface area (Å²) in [5, 5.41) is 13.7. The number of nitrogens with one attached hydrogen (secondary N) is 1. The molecule has 20 heavy (non-hydrogen) atoms. The van der Waals surface area contributed by atoms with Crippen LogP contribution in [-0.4, -0.2) is 49.2 Å². The summed E-state index contributed by atoms with van der Waals surface area (Å²) in [6.45, 7) is 5.00. The van der Waals surface area contributed by atoms with Gasteiger partial charge in [0.2, 0.25) is 0 Å². The molecule has 0 aliphatic carbocycles. The molecule has 0 saturated carbocycles. The number of anilines is 1. The molecule has 1 heterocycles. The number of nitro benzene ring substituents is 1. The van der Waals surface area contributed by atoms with E-state index in [9.17, 15) is 14.5 Å². The molecule has 1 fully saturated rings. The third kappa shape index (κ3) is 4.43. The molecule has 2 rings (SSSR count). The maximum absolute atomic E-state index is 13.2. The van der Waals surface area contributed by atoms with E-state index in [4.69, 9.17) is 4.74 Å². The normalized spacial score (nSPS) is 16.1. The van der Waals surface area contributed by atoms with Gasteiger partial charge in [-0.15, -0.1) is 0 Å². The summed E-state index contributed by atoms with van der Waals surface area (Å²) in [6.07, 6.45) is 0.893. The quantitative estimate of drug-likeness (QED) is 0.490. The van der Waals surface area contributed by atoms with Gasteiger partial charge in [0.15, 0.2) is 0 Å². The van der Waals surface area contributed by atoms with Crippen molar-refractivity contribution in [3.63, 3.8) is 0 Å². The van der Waals surface area contributed by atoms with Crippen LogP contribution in [0.3, 0.4) is 0 Å². The SMILES string of the molecule is O=[N+]([O-])c1cc(F)cc(NCCCN2CCOCC2)c1. The van der Waals surface area contributed by atoms with Crippen LogP contribution in [0.15, 0.2) is 18.2 Å². The molecule has 0 bridgehead atoms. The molecule has 0 spiro atoms. The van der Waals surface area contributed by atoms with Crippen molar-refractivity contribution in [3.05, 3.63) is 34.1 Å². The molecule has 0 amide bonds. The highest BCUT2D eigenvalue weighted by atomic mass is 19.1. The predicted molar refractivity (Wildman–Crippen MR) is 73.4 cm³/mol. The Morgan fingerprint density at radius 1 is 1.35 bits per heavy atom. The number of nitrogens with zero attached hydrogens (tertiary/aromatic N) is 2. The maximum atomic E-state index is 13.2. The first-order chi connectivity index (χ1) is 9.65. The van der Waals surface area contributed by atoms with Crippen molar-refractivity contribution in [2.75, 3.05) is 44.7 Å². The molecule has 1 aromatic carbocycles. The van der Waals surface area contributed by atoms with E-state index in [1.807, 2.05) is 0 Å². The average molecular weight is 283 g/mol. The lowest BCUT2D eigenvalue weighted by atomic mass is 10.2. The lowest BCUT2D eigenvalue weighted by Gasteiger charge is -2.26. The van der Waals surface area contributed by atoms with Crippen LogP contribution in [-0.2, 0) is 4.74 Å². The topological polar surface area (TPSA) is 67.6 Å². The Morgan fingerprint density at radius 2 is 2.10 bits per heavy atom. The van der Waals surface area contributed by atoms with Gasteiger partial charge in [-0.25, -0.2) is 4.39 Å². The number of benzene rings is 1. The van der Waals surface area contributed by atoms with E-state index < -0.39 is 10.7 Å². The second-order valence-electron chi connectivity index (χ2n) is 4.69. The van der Waals surface area contributed by atoms with Gasteiger partial charge in [0, 0.05) is 31.4 Å². The largest absolute Gasteiger partial charge is 0.385 e. The number of nitro groups is 1. The second kappa shape index (κ2) is 7.16.